The van der Waals surface area contributed by atoms with Crippen molar-refractivity contribution in [2.75, 3.05) is 25.0 Å². The highest BCUT2D eigenvalue weighted by Gasteiger charge is 2.15. The van der Waals surface area contributed by atoms with Crippen LogP contribution < -0.4 is 16.0 Å². The molecule has 6 heteroatoms. The van der Waals surface area contributed by atoms with Crippen molar-refractivity contribution in [3.63, 3.8) is 0 Å². The molecule has 2 heterocycles. The van der Waals surface area contributed by atoms with E-state index in [2.05, 4.69) is 20.9 Å². The lowest BCUT2D eigenvalue weighted by Crippen LogP contribution is -2.28. The van der Waals surface area contributed by atoms with E-state index in [-0.39, 0.29) is 18.2 Å². The Labute approximate surface area is 124 Å². The van der Waals surface area contributed by atoms with Gasteiger partial charge in [-0.25, -0.2) is 0 Å². The molecule has 2 rings (SSSR count). The van der Waals surface area contributed by atoms with Crippen LogP contribution in [0.15, 0.2) is 24.5 Å². The number of nitrogens with zero attached hydrogens (tertiary/aromatic N) is 1. The van der Waals surface area contributed by atoms with E-state index < -0.39 is 0 Å². The molecule has 1 aliphatic heterocycles. The molecule has 6 nitrogen and oxygen atoms in total. The van der Waals surface area contributed by atoms with Gasteiger partial charge in [0.2, 0.25) is 11.8 Å². The number of carbonyl (C=O) groups excluding carboxylic acids is 2. The first kappa shape index (κ1) is 15.4. The number of hydrogen-bond donors (Lipinski definition) is 3. The Morgan fingerprint density at radius 2 is 2.05 bits per heavy atom. The number of rotatable bonds is 7. The van der Waals surface area contributed by atoms with E-state index >= 15 is 0 Å². The summed E-state index contributed by atoms with van der Waals surface area (Å²) in [6.45, 7) is 2.45. The summed E-state index contributed by atoms with van der Waals surface area (Å²) < 4.78 is 0. The van der Waals surface area contributed by atoms with Gasteiger partial charge in [-0.05, 0) is 44.0 Å². The highest BCUT2D eigenvalue weighted by atomic mass is 16.2. The largest absolute Gasteiger partial charge is 0.356 e. The molecular weight excluding hydrogens is 268 g/mol. The molecule has 2 amide bonds. The molecule has 0 aromatic carbocycles. The first-order valence-electron chi connectivity index (χ1n) is 7.41. The highest BCUT2D eigenvalue weighted by Crippen LogP contribution is 2.13. The van der Waals surface area contributed by atoms with E-state index in [1.165, 1.54) is 0 Å². The Morgan fingerprint density at radius 1 is 1.24 bits per heavy atom. The van der Waals surface area contributed by atoms with Crippen LogP contribution in [0.3, 0.4) is 0 Å². The van der Waals surface area contributed by atoms with E-state index in [1.54, 1.807) is 24.5 Å². The Balaban J connectivity index is 1.55. The van der Waals surface area contributed by atoms with Gasteiger partial charge in [-0.15, -0.1) is 0 Å². The van der Waals surface area contributed by atoms with Crippen LogP contribution in [0.25, 0.3) is 0 Å². The van der Waals surface area contributed by atoms with Gasteiger partial charge in [0.1, 0.15) is 0 Å². The van der Waals surface area contributed by atoms with Crippen molar-refractivity contribution in [1.29, 1.82) is 0 Å². The van der Waals surface area contributed by atoms with Crippen LogP contribution in [0.1, 0.15) is 25.7 Å². The molecule has 0 spiro atoms. The maximum absolute atomic E-state index is 11.7. The molecule has 1 atom stereocenters. The summed E-state index contributed by atoms with van der Waals surface area (Å²) in [4.78, 5) is 27.2. The second kappa shape index (κ2) is 8.36. The van der Waals surface area contributed by atoms with Gasteiger partial charge in [0.25, 0.3) is 0 Å². The summed E-state index contributed by atoms with van der Waals surface area (Å²) in [5.41, 5.74) is 0.718. The summed E-state index contributed by atoms with van der Waals surface area (Å²) in [5, 5.41) is 8.83. The molecule has 1 fully saturated rings. The molecule has 0 radical (unpaired) electrons. The van der Waals surface area contributed by atoms with E-state index in [9.17, 15) is 9.59 Å². The third-order valence-corrected chi connectivity index (χ3v) is 3.58. The van der Waals surface area contributed by atoms with Gasteiger partial charge in [0.05, 0.1) is 0 Å². The molecule has 0 bridgehead atoms. The summed E-state index contributed by atoms with van der Waals surface area (Å²) in [6, 6.07) is 3.46. The number of anilines is 1. The predicted octanol–water partition coefficient (Wildman–Crippen LogP) is 0.916. The number of aromatic nitrogens is 1. The molecule has 1 unspecified atom stereocenters. The van der Waals surface area contributed by atoms with Crippen LogP contribution >= 0.6 is 0 Å². The van der Waals surface area contributed by atoms with Crippen LogP contribution in [0.2, 0.25) is 0 Å². The lowest BCUT2D eigenvalue weighted by Gasteiger charge is -2.09. The van der Waals surface area contributed by atoms with Crippen LogP contribution in [-0.2, 0) is 9.59 Å². The minimum atomic E-state index is -0.110. The molecular formula is C15H22N4O2. The molecule has 21 heavy (non-hydrogen) atoms. The van der Waals surface area contributed by atoms with Gasteiger partial charge in [-0.3, -0.25) is 14.6 Å². The molecule has 1 aliphatic rings. The van der Waals surface area contributed by atoms with E-state index in [4.69, 9.17) is 0 Å². The van der Waals surface area contributed by atoms with E-state index in [0.29, 0.717) is 18.9 Å². The fourth-order valence-electron chi connectivity index (χ4n) is 2.36. The lowest BCUT2D eigenvalue weighted by molar-refractivity contribution is -0.121. The van der Waals surface area contributed by atoms with Gasteiger partial charge < -0.3 is 16.0 Å². The quantitative estimate of drug-likeness (QED) is 0.697. The van der Waals surface area contributed by atoms with Crippen molar-refractivity contribution in [2.24, 2.45) is 5.92 Å². The van der Waals surface area contributed by atoms with E-state index in [1.807, 2.05) is 0 Å². The summed E-state index contributed by atoms with van der Waals surface area (Å²) in [5.74, 6) is 0.533. The zero-order valence-corrected chi connectivity index (χ0v) is 12.1. The fraction of sp³-hybridized carbons (Fsp3) is 0.533. The average molecular weight is 290 g/mol. The van der Waals surface area contributed by atoms with E-state index in [0.717, 1.165) is 31.6 Å². The van der Waals surface area contributed by atoms with Gasteiger partial charge >= 0.3 is 0 Å². The summed E-state index contributed by atoms with van der Waals surface area (Å²) >= 11 is 0. The smallest absolute Gasteiger partial charge is 0.226 e. The average Bonchev–Trinajstić information content (AvgIpc) is 2.99. The summed E-state index contributed by atoms with van der Waals surface area (Å²) in [6.07, 6.45) is 6.13. The third kappa shape index (κ3) is 5.91. The molecule has 3 N–H and O–H groups in total. The number of nitrogens with one attached hydrogen (secondary N) is 3. The Kier molecular flexibility index (Phi) is 6.15. The second-order valence-corrected chi connectivity index (χ2v) is 5.28. The standard InChI is InChI=1S/C15H22N4O2/c20-14(2-1-12-3-7-17-11-12)18-10-6-15(21)19-13-4-8-16-9-5-13/h4-5,8-9,12,17H,1-3,6-7,10-11H2,(H,18,20)(H,16,19,21). The Hall–Kier alpha value is -1.95. The number of carbonyl (C=O) groups is 2. The van der Waals surface area contributed by atoms with Gasteiger partial charge in [-0.1, -0.05) is 0 Å². The SMILES string of the molecule is O=C(CCC1CCNC1)NCCC(=O)Nc1ccncc1. The van der Waals surface area contributed by atoms with Crippen molar-refractivity contribution in [3.05, 3.63) is 24.5 Å². The lowest BCUT2D eigenvalue weighted by atomic mass is 10.0. The first-order chi connectivity index (χ1) is 10.2. The molecule has 0 aliphatic carbocycles. The van der Waals surface area contributed by atoms with Crippen molar-refractivity contribution in [3.8, 4) is 0 Å². The Bertz CT molecular complexity index is 458. The molecule has 114 valence electrons. The number of pyridine rings is 1. The molecule has 0 saturated carbocycles. The minimum absolute atomic E-state index is 0.0265. The van der Waals surface area contributed by atoms with Gasteiger partial charge in [-0.2, -0.15) is 0 Å². The topological polar surface area (TPSA) is 83.1 Å². The summed E-state index contributed by atoms with van der Waals surface area (Å²) in [7, 11) is 0. The number of hydrogen-bond acceptors (Lipinski definition) is 4. The predicted molar refractivity (Wildman–Crippen MR) is 80.7 cm³/mol. The van der Waals surface area contributed by atoms with Crippen molar-refractivity contribution in [2.45, 2.75) is 25.7 Å². The normalized spacial score (nSPS) is 17.4. The number of amides is 2. The van der Waals surface area contributed by atoms with Crippen molar-refractivity contribution >= 4 is 17.5 Å². The molecule has 1 saturated heterocycles. The fourth-order valence-corrected chi connectivity index (χ4v) is 2.36. The highest BCUT2D eigenvalue weighted by molar-refractivity contribution is 5.91. The maximum Gasteiger partial charge on any atom is 0.226 e. The molecule has 1 aromatic rings. The zero-order chi connectivity index (χ0) is 14.9. The first-order valence-corrected chi connectivity index (χ1v) is 7.41. The zero-order valence-electron chi connectivity index (χ0n) is 12.1. The molecule has 1 aromatic heterocycles. The minimum Gasteiger partial charge on any atom is -0.356 e. The monoisotopic (exact) mass is 290 g/mol. The van der Waals surface area contributed by atoms with Gasteiger partial charge in [0, 0.05) is 37.5 Å². The second-order valence-electron chi connectivity index (χ2n) is 5.28. The van der Waals surface area contributed by atoms with Crippen LogP contribution in [0, 0.1) is 5.92 Å². The van der Waals surface area contributed by atoms with Crippen molar-refractivity contribution in [1.82, 2.24) is 15.6 Å². The third-order valence-electron chi connectivity index (χ3n) is 3.58. The maximum atomic E-state index is 11.7. The van der Waals surface area contributed by atoms with Crippen LogP contribution in [-0.4, -0.2) is 36.4 Å². The van der Waals surface area contributed by atoms with Gasteiger partial charge in [0.15, 0.2) is 0 Å². The van der Waals surface area contributed by atoms with Crippen LogP contribution in [0.5, 0.6) is 0 Å². The Morgan fingerprint density at radius 3 is 2.76 bits per heavy atom. The van der Waals surface area contributed by atoms with Crippen LogP contribution in [0.4, 0.5) is 5.69 Å². The van der Waals surface area contributed by atoms with Crippen molar-refractivity contribution < 1.29 is 9.59 Å².